The molecule has 338 valence electrons. The van der Waals surface area contributed by atoms with Gasteiger partial charge in [0, 0.05) is 30.5 Å². The molecule has 1 aliphatic carbocycles. The Balaban J connectivity index is 1.57. The Bertz CT molecular complexity index is 1600. The molecule has 61 heavy (non-hydrogen) atoms. The first-order chi connectivity index (χ1) is 29.6. The largest absolute Gasteiger partial charge is 0.480 e. The summed E-state index contributed by atoms with van der Waals surface area (Å²) in [7, 11) is 1.76. The number of carbonyl (C=O) groups is 6. The number of aliphatic hydroxyl groups is 1. The van der Waals surface area contributed by atoms with Gasteiger partial charge in [-0.2, -0.15) is 0 Å². The van der Waals surface area contributed by atoms with Gasteiger partial charge in [-0.15, -0.1) is 0 Å². The third-order valence-electron chi connectivity index (χ3n) is 10.6. The number of rotatable bonds is 31. The monoisotopic (exact) mass is 852 g/mol. The predicted molar refractivity (Wildman–Crippen MR) is 236 cm³/mol. The summed E-state index contributed by atoms with van der Waals surface area (Å²) in [5.41, 5.74) is 1.81. The molecule has 17 heteroatoms. The van der Waals surface area contributed by atoms with E-state index in [1.165, 1.54) is 32.1 Å². The van der Waals surface area contributed by atoms with Gasteiger partial charge in [-0.1, -0.05) is 55.7 Å². The summed E-state index contributed by atoms with van der Waals surface area (Å²) in [4.78, 5) is 76.2. The number of anilines is 2. The Labute approximate surface area is 360 Å². The van der Waals surface area contributed by atoms with Crippen molar-refractivity contribution in [1.82, 2.24) is 37.2 Å². The van der Waals surface area contributed by atoms with E-state index in [9.17, 15) is 33.9 Å². The standard InChI is InChI=1S/C44H69N9O8/c1-45-35(23-11-14-26-46-32-17-5-2-6-18-32)41(58)48-28-16-13-24-36(42(59)49-29-39(55)52-38(31-54)43(60)50-30-40(56)57)53-44(61)37(51-34-21-9-4-10-22-34)25-12-15-27-47-33-19-7-3-8-20-33/h2,4-6,9-10,17-18,21-22,33,35-38,45-47,51,54H,3,7-8,11-16,19-20,23-31H2,1H3,(H,48,58)(H,49,59)(H,50,60)(H,52,55)(H,53,61)(H,56,57). The highest BCUT2D eigenvalue weighted by atomic mass is 16.4. The molecule has 4 unspecified atom stereocenters. The molecule has 2 aromatic carbocycles. The van der Waals surface area contributed by atoms with Gasteiger partial charge in [-0.25, -0.2) is 0 Å². The zero-order valence-corrected chi connectivity index (χ0v) is 35.6. The summed E-state index contributed by atoms with van der Waals surface area (Å²) in [5.74, 6) is -4.13. The second-order valence-corrected chi connectivity index (χ2v) is 15.5. The van der Waals surface area contributed by atoms with Gasteiger partial charge in [0.25, 0.3) is 0 Å². The number of para-hydroxylation sites is 2. The predicted octanol–water partition coefficient (Wildman–Crippen LogP) is 2.00. The van der Waals surface area contributed by atoms with Crippen LogP contribution in [0.15, 0.2) is 60.7 Å². The van der Waals surface area contributed by atoms with Crippen molar-refractivity contribution in [2.24, 2.45) is 0 Å². The SMILES string of the molecule is CNC(CCCCNc1ccccc1)C(=O)NCCCCC(NC(=O)C(CCCCNC1CCCCC1)Nc1ccccc1)C(=O)NCC(=O)NC(CO)C(=O)NCC(=O)O. The number of carbonyl (C=O) groups excluding carboxylic acids is 5. The van der Waals surface area contributed by atoms with E-state index >= 15 is 0 Å². The zero-order chi connectivity index (χ0) is 44.1. The minimum absolute atomic E-state index is 0.117. The molecular formula is C44H69N9O8. The maximum absolute atomic E-state index is 13.9. The number of aliphatic hydroxyl groups excluding tert-OH is 1. The number of amides is 5. The molecule has 4 atom stereocenters. The summed E-state index contributed by atoms with van der Waals surface area (Å²) in [5, 5.41) is 44.6. The summed E-state index contributed by atoms with van der Waals surface area (Å²) >= 11 is 0. The van der Waals surface area contributed by atoms with Gasteiger partial charge in [0.2, 0.25) is 29.5 Å². The number of unbranched alkanes of at least 4 members (excludes halogenated alkanes) is 3. The molecule has 1 saturated carbocycles. The van der Waals surface area contributed by atoms with Crippen molar-refractivity contribution in [2.75, 3.05) is 57.0 Å². The van der Waals surface area contributed by atoms with Crippen LogP contribution in [0.25, 0.3) is 0 Å². The minimum atomic E-state index is -1.43. The van der Waals surface area contributed by atoms with Crippen molar-refractivity contribution in [2.45, 2.75) is 120 Å². The molecular weight excluding hydrogens is 783 g/mol. The highest BCUT2D eigenvalue weighted by molar-refractivity contribution is 5.94. The second-order valence-electron chi connectivity index (χ2n) is 15.5. The number of nitrogens with one attached hydrogen (secondary N) is 9. The lowest BCUT2D eigenvalue weighted by Gasteiger charge is -2.25. The number of hydrogen-bond donors (Lipinski definition) is 11. The number of likely N-dealkylation sites (N-methyl/N-ethyl adjacent to an activating group) is 1. The van der Waals surface area contributed by atoms with Gasteiger partial charge in [0.05, 0.1) is 19.2 Å². The third kappa shape index (κ3) is 21.2. The molecule has 0 heterocycles. The maximum Gasteiger partial charge on any atom is 0.322 e. The van der Waals surface area contributed by atoms with Gasteiger partial charge in [0.1, 0.15) is 24.7 Å². The number of carboxylic acids is 1. The quantitative estimate of drug-likeness (QED) is 0.0488. The fourth-order valence-electron chi connectivity index (χ4n) is 7.12. The second kappa shape index (κ2) is 29.9. The summed E-state index contributed by atoms with van der Waals surface area (Å²) < 4.78 is 0. The van der Waals surface area contributed by atoms with Crippen LogP contribution in [0.4, 0.5) is 11.4 Å². The first kappa shape index (κ1) is 50.1. The lowest BCUT2D eigenvalue weighted by molar-refractivity contribution is -0.138. The molecule has 17 nitrogen and oxygen atoms in total. The lowest BCUT2D eigenvalue weighted by Crippen LogP contribution is -2.54. The number of benzene rings is 2. The molecule has 0 saturated heterocycles. The summed E-state index contributed by atoms with van der Waals surface area (Å²) in [6.45, 7) is -0.0577. The molecule has 0 aliphatic heterocycles. The molecule has 1 fully saturated rings. The van der Waals surface area contributed by atoms with E-state index in [4.69, 9.17) is 5.11 Å². The van der Waals surface area contributed by atoms with E-state index in [1.807, 2.05) is 60.7 Å². The van der Waals surface area contributed by atoms with Crippen LogP contribution in [0.2, 0.25) is 0 Å². The number of hydrogen-bond acceptors (Lipinski definition) is 11. The highest BCUT2D eigenvalue weighted by Crippen LogP contribution is 2.18. The van der Waals surface area contributed by atoms with Crippen LogP contribution < -0.4 is 47.9 Å². The smallest absolute Gasteiger partial charge is 0.322 e. The van der Waals surface area contributed by atoms with Gasteiger partial charge >= 0.3 is 5.97 Å². The van der Waals surface area contributed by atoms with E-state index in [0.717, 1.165) is 50.1 Å². The Morgan fingerprint density at radius 1 is 0.590 bits per heavy atom. The van der Waals surface area contributed by atoms with Crippen molar-refractivity contribution < 1.29 is 39.0 Å². The molecule has 11 N–H and O–H groups in total. The normalized spacial score (nSPS) is 14.7. The molecule has 0 spiro atoms. The van der Waals surface area contributed by atoms with Crippen LogP contribution in [-0.2, 0) is 28.8 Å². The van der Waals surface area contributed by atoms with E-state index in [-0.39, 0.29) is 24.3 Å². The van der Waals surface area contributed by atoms with Crippen molar-refractivity contribution in [3.8, 4) is 0 Å². The first-order valence-corrected chi connectivity index (χ1v) is 21.9. The number of aliphatic carboxylic acids is 1. The summed E-state index contributed by atoms with van der Waals surface area (Å²) in [6.07, 6.45) is 11.9. The van der Waals surface area contributed by atoms with Crippen molar-refractivity contribution in [1.29, 1.82) is 0 Å². The van der Waals surface area contributed by atoms with Crippen molar-refractivity contribution >= 4 is 46.9 Å². The van der Waals surface area contributed by atoms with Gasteiger partial charge in [-0.3, -0.25) is 28.8 Å². The molecule has 5 amide bonds. The van der Waals surface area contributed by atoms with Gasteiger partial charge in [-0.05, 0) is 108 Å². The van der Waals surface area contributed by atoms with Crippen LogP contribution in [0.1, 0.15) is 89.9 Å². The fraction of sp³-hybridized carbons (Fsp3) is 0.591. The van der Waals surface area contributed by atoms with E-state index in [2.05, 4.69) is 47.9 Å². The van der Waals surface area contributed by atoms with Crippen LogP contribution in [0, 0.1) is 0 Å². The third-order valence-corrected chi connectivity index (χ3v) is 10.6. The van der Waals surface area contributed by atoms with Crippen LogP contribution in [0.5, 0.6) is 0 Å². The van der Waals surface area contributed by atoms with Crippen molar-refractivity contribution in [3.63, 3.8) is 0 Å². The highest BCUT2D eigenvalue weighted by Gasteiger charge is 2.27. The topological polar surface area (TPSA) is 251 Å². The van der Waals surface area contributed by atoms with Gasteiger partial charge < -0.3 is 58.1 Å². The van der Waals surface area contributed by atoms with E-state index < -0.39 is 61.5 Å². The molecule has 0 bridgehead atoms. The molecule has 2 aromatic rings. The lowest BCUT2D eigenvalue weighted by atomic mass is 9.95. The zero-order valence-electron chi connectivity index (χ0n) is 35.6. The van der Waals surface area contributed by atoms with Crippen LogP contribution >= 0.6 is 0 Å². The number of carboxylic acid groups (broad SMARTS) is 1. The Morgan fingerprint density at radius 2 is 1.15 bits per heavy atom. The van der Waals surface area contributed by atoms with E-state index in [1.54, 1.807) is 7.05 Å². The Hall–Kier alpha value is -5.26. The average Bonchev–Trinajstić information content (AvgIpc) is 3.27. The van der Waals surface area contributed by atoms with Gasteiger partial charge in [0.15, 0.2) is 0 Å². The van der Waals surface area contributed by atoms with Crippen LogP contribution in [-0.4, -0.2) is 122 Å². The fourth-order valence-corrected chi connectivity index (χ4v) is 7.12. The molecule has 0 radical (unpaired) electrons. The summed E-state index contributed by atoms with van der Waals surface area (Å²) in [6, 6.07) is 16.3. The Morgan fingerprint density at radius 3 is 1.79 bits per heavy atom. The maximum atomic E-state index is 13.9. The van der Waals surface area contributed by atoms with Crippen LogP contribution in [0.3, 0.4) is 0 Å². The van der Waals surface area contributed by atoms with E-state index in [0.29, 0.717) is 38.3 Å². The minimum Gasteiger partial charge on any atom is -0.480 e. The average molecular weight is 852 g/mol. The Kier molecular flexibility index (Phi) is 24.5. The molecule has 3 rings (SSSR count). The van der Waals surface area contributed by atoms with Crippen molar-refractivity contribution in [3.05, 3.63) is 60.7 Å². The molecule has 0 aromatic heterocycles. The first-order valence-electron chi connectivity index (χ1n) is 21.9. The molecule has 1 aliphatic rings.